The fourth-order valence-electron chi connectivity index (χ4n) is 2.50. The smallest absolute Gasteiger partial charge is 0.191 e. The number of methoxy groups -OCH3 is 1. The van der Waals surface area contributed by atoms with Crippen molar-refractivity contribution in [2.24, 2.45) is 7.05 Å². The van der Waals surface area contributed by atoms with Crippen LogP contribution >= 0.6 is 27.7 Å². The van der Waals surface area contributed by atoms with Crippen LogP contribution in [0.3, 0.4) is 0 Å². The van der Waals surface area contributed by atoms with E-state index in [2.05, 4.69) is 51.3 Å². The third-order valence-corrected chi connectivity index (χ3v) is 5.38. The number of hydrogen-bond acceptors (Lipinski definition) is 4. The molecule has 24 heavy (non-hydrogen) atoms. The third kappa shape index (κ3) is 3.49. The van der Waals surface area contributed by atoms with E-state index in [4.69, 9.17) is 4.74 Å². The molecule has 0 N–H and O–H groups in total. The van der Waals surface area contributed by atoms with E-state index in [0.717, 1.165) is 38.1 Å². The van der Waals surface area contributed by atoms with Crippen LogP contribution in [0.15, 0.2) is 52.1 Å². The van der Waals surface area contributed by atoms with E-state index in [-0.39, 0.29) is 0 Å². The molecule has 0 spiro atoms. The van der Waals surface area contributed by atoms with Gasteiger partial charge in [-0.15, -0.1) is 10.2 Å². The van der Waals surface area contributed by atoms with Gasteiger partial charge in [0.1, 0.15) is 5.75 Å². The first-order chi connectivity index (χ1) is 11.6. The van der Waals surface area contributed by atoms with Crippen molar-refractivity contribution in [2.45, 2.75) is 17.8 Å². The zero-order chi connectivity index (χ0) is 17.1. The molecule has 0 aliphatic rings. The quantitative estimate of drug-likeness (QED) is 0.570. The molecule has 4 nitrogen and oxygen atoms in total. The lowest BCUT2D eigenvalue weighted by atomic mass is 10.1. The predicted octanol–water partition coefficient (Wildman–Crippen LogP) is 4.85. The highest BCUT2D eigenvalue weighted by molar-refractivity contribution is 9.10. The second-order valence-electron chi connectivity index (χ2n) is 5.42. The molecule has 124 valence electrons. The Hall–Kier alpha value is -1.79. The van der Waals surface area contributed by atoms with Crippen LogP contribution in [-0.2, 0) is 12.8 Å². The SMILES string of the molecule is COc1ccc(Br)cc1CSc1nnc(-c2ccccc2C)n1C. The minimum Gasteiger partial charge on any atom is -0.496 e. The van der Waals surface area contributed by atoms with Gasteiger partial charge in [0, 0.05) is 28.4 Å². The van der Waals surface area contributed by atoms with Crippen LogP contribution in [0.25, 0.3) is 11.4 Å². The summed E-state index contributed by atoms with van der Waals surface area (Å²) in [4.78, 5) is 0. The van der Waals surface area contributed by atoms with E-state index >= 15 is 0 Å². The topological polar surface area (TPSA) is 39.9 Å². The zero-order valence-electron chi connectivity index (χ0n) is 13.8. The number of nitrogens with zero attached hydrogens (tertiary/aromatic N) is 3. The molecule has 0 aliphatic carbocycles. The highest BCUT2D eigenvalue weighted by atomic mass is 79.9. The molecule has 0 aliphatic heterocycles. The van der Waals surface area contributed by atoms with Crippen LogP contribution in [0.1, 0.15) is 11.1 Å². The van der Waals surface area contributed by atoms with Gasteiger partial charge in [-0.05, 0) is 30.7 Å². The molecule has 0 atom stereocenters. The van der Waals surface area contributed by atoms with Crippen LogP contribution < -0.4 is 4.74 Å². The van der Waals surface area contributed by atoms with Gasteiger partial charge in [0.05, 0.1) is 7.11 Å². The minimum atomic E-state index is 0.766. The van der Waals surface area contributed by atoms with E-state index in [1.54, 1.807) is 18.9 Å². The molecule has 1 aromatic heterocycles. The first kappa shape index (κ1) is 17.0. The van der Waals surface area contributed by atoms with Crippen molar-refractivity contribution in [3.63, 3.8) is 0 Å². The van der Waals surface area contributed by atoms with Gasteiger partial charge in [-0.2, -0.15) is 0 Å². The van der Waals surface area contributed by atoms with E-state index in [1.807, 2.05) is 35.9 Å². The lowest BCUT2D eigenvalue weighted by molar-refractivity contribution is 0.411. The average Bonchev–Trinajstić information content (AvgIpc) is 2.94. The molecule has 0 amide bonds. The summed E-state index contributed by atoms with van der Waals surface area (Å²) >= 11 is 5.16. The fraction of sp³-hybridized carbons (Fsp3) is 0.222. The predicted molar refractivity (Wildman–Crippen MR) is 101 cm³/mol. The number of aromatic nitrogens is 3. The van der Waals surface area contributed by atoms with E-state index in [9.17, 15) is 0 Å². The van der Waals surface area contributed by atoms with Crippen LogP contribution in [0.2, 0.25) is 0 Å². The van der Waals surface area contributed by atoms with E-state index in [1.165, 1.54) is 5.56 Å². The molecule has 2 aromatic carbocycles. The van der Waals surface area contributed by atoms with Gasteiger partial charge in [-0.25, -0.2) is 0 Å². The molecular formula is C18H18BrN3OS. The van der Waals surface area contributed by atoms with Gasteiger partial charge < -0.3 is 9.30 Å². The lowest BCUT2D eigenvalue weighted by Gasteiger charge is -2.09. The summed E-state index contributed by atoms with van der Waals surface area (Å²) in [6.45, 7) is 2.09. The molecule has 6 heteroatoms. The molecule has 1 heterocycles. The molecule has 0 fully saturated rings. The Morgan fingerprint density at radius 1 is 1.17 bits per heavy atom. The van der Waals surface area contributed by atoms with Crippen molar-refractivity contribution in [3.05, 3.63) is 58.1 Å². The zero-order valence-corrected chi connectivity index (χ0v) is 16.2. The van der Waals surface area contributed by atoms with Gasteiger partial charge in [-0.3, -0.25) is 0 Å². The molecule has 0 bridgehead atoms. The summed E-state index contributed by atoms with van der Waals surface area (Å²) < 4.78 is 8.51. The van der Waals surface area contributed by atoms with Gasteiger partial charge >= 0.3 is 0 Å². The third-order valence-electron chi connectivity index (χ3n) is 3.82. The Balaban J connectivity index is 1.83. The first-order valence-electron chi connectivity index (χ1n) is 7.50. The number of hydrogen-bond donors (Lipinski definition) is 0. The number of ether oxygens (including phenoxy) is 1. The van der Waals surface area contributed by atoms with Crippen LogP contribution in [0.5, 0.6) is 5.75 Å². The van der Waals surface area contributed by atoms with Crippen molar-refractivity contribution >= 4 is 27.7 Å². The molecule has 0 unspecified atom stereocenters. The Kier molecular flexibility index (Phi) is 5.26. The van der Waals surface area contributed by atoms with E-state index in [0.29, 0.717) is 0 Å². The number of halogens is 1. The second-order valence-corrected chi connectivity index (χ2v) is 7.28. The van der Waals surface area contributed by atoms with Crippen molar-refractivity contribution < 1.29 is 4.74 Å². The first-order valence-corrected chi connectivity index (χ1v) is 9.28. The maximum Gasteiger partial charge on any atom is 0.191 e. The Labute approximate surface area is 154 Å². The molecule has 0 saturated heterocycles. The summed E-state index contributed by atoms with van der Waals surface area (Å²) in [5.74, 6) is 2.53. The number of thioether (sulfide) groups is 1. The largest absolute Gasteiger partial charge is 0.496 e. The minimum absolute atomic E-state index is 0.766. The Morgan fingerprint density at radius 3 is 2.71 bits per heavy atom. The number of aryl methyl sites for hydroxylation is 1. The van der Waals surface area contributed by atoms with Crippen LogP contribution in [0.4, 0.5) is 0 Å². The van der Waals surface area contributed by atoms with Crippen LogP contribution in [0, 0.1) is 6.92 Å². The van der Waals surface area contributed by atoms with Crippen molar-refractivity contribution in [3.8, 4) is 17.1 Å². The summed E-state index contributed by atoms with van der Waals surface area (Å²) in [6.07, 6.45) is 0. The van der Waals surface area contributed by atoms with Gasteiger partial charge in [0.15, 0.2) is 11.0 Å². The summed E-state index contributed by atoms with van der Waals surface area (Å²) in [6, 6.07) is 14.2. The van der Waals surface area contributed by atoms with Crippen molar-refractivity contribution in [1.29, 1.82) is 0 Å². The van der Waals surface area contributed by atoms with Gasteiger partial charge in [-0.1, -0.05) is 52.0 Å². The monoisotopic (exact) mass is 403 g/mol. The lowest BCUT2D eigenvalue weighted by Crippen LogP contribution is -1.97. The highest BCUT2D eigenvalue weighted by Gasteiger charge is 2.14. The fourth-order valence-corrected chi connectivity index (χ4v) is 3.80. The second kappa shape index (κ2) is 7.40. The molecule has 0 radical (unpaired) electrons. The van der Waals surface area contributed by atoms with Gasteiger partial charge in [0.25, 0.3) is 0 Å². The molecule has 3 rings (SSSR count). The maximum atomic E-state index is 5.43. The standard InChI is InChI=1S/C18H18BrN3OS/c1-12-6-4-5-7-15(12)17-20-21-18(22(17)2)24-11-13-10-14(19)8-9-16(13)23-3/h4-10H,11H2,1-3H3. The highest BCUT2D eigenvalue weighted by Crippen LogP contribution is 2.31. The summed E-state index contributed by atoms with van der Waals surface area (Å²) in [5.41, 5.74) is 3.43. The molecular weight excluding hydrogens is 386 g/mol. The van der Waals surface area contributed by atoms with Crippen LogP contribution in [-0.4, -0.2) is 21.9 Å². The number of rotatable bonds is 5. The van der Waals surface area contributed by atoms with Crippen molar-refractivity contribution in [2.75, 3.05) is 7.11 Å². The normalized spacial score (nSPS) is 10.8. The maximum absolute atomic E-state index is 5.43. The summed E-state index contributed by atoms with van der Waals surface area (Å²) in [7, 11) is 3.69. The van der Waals surface area contributed by atoms with E-state index < -0.39 is 0 Å². The number of benzene rings is 2. The Morgan fingerprint density at radius 2 is 1.96 bits per heavy atom. The Bertz CT molecular complexity index is 863. The average molecular weight is 404 g/mol. The van der Waals surface area contributed by atoms with Gasteiger partial charge in [0.2, 0.25) is 0 Å². The molecule has 0 saturated carbocycles. The molecule has 3 aromatic rings. The van der Waals surface area contributed by atoms with Crippen molar-refractivity contribution in [1.82, 2.24) is 14.8 Å². The summed E-state index contributed by atoms with van der Waals surface area (Å²) in [5, 5.41) is 9.60.